The van der Waals surface area contributed by atoms with Crippen molar-refractivity contribution in [2.75, 3.05) is 0 Å². The number of hydrogen-bond acceptors (Lipinski definition) is 3. The Labute approximate surface area is 124 Å². The number of rotatable bonds is 4. The standard InChI is InChI=1S/C17H20N2S/c18-16-9-17(15-4-2-1-3-14(15)16)19(13-5-6-13)10-12-7-8-20-11-12/h1-4,7-8,11,13,16-17H,5-6,9-10,18H2. The molecular weight excluding hydrogens is 264 g/mol. The molecule has 2 nitrogen and oxygen atoms in total. The molecule has 2 unspecified atom stereocenters. The van der Waals surface area contributed by atoms with Crippen LogP contribution in [0, 0.1) is 0 Å². The summed E-state index contributed by atoms with van der Waals surface area (Å²) in [6, 6.07) is 12.5. The number of thiophene rings is 1. The SMILES string of the molecule is NC1CC(N(Cc2ccsc2)C2CC2)c2ccccc21. The fourth-order valence-electron chi connectivity index (χ4n) is 3.45. The lowest BCUT2D eigenvalue weighted by molar-refractivity contribution is 0.172. The van der Waals surface area contributed by atoms with Crippen LogP contribution in [0.3, 0.4) is 0 Å². The summed E-state index contributed by atoms with van der Waals surface area (Å²) >= 11 is 1.79. The van der Waals surface area contributed by atoms with Crippen molar-refractivity contribution in [1.29, 1.82) is 0 Å². The molecule has 4 rings (SSSR count). The van der Waals surface area contributed by atoms with E-state index in [1.807, 2.05) is 0 Å². The second-order valence-corrected chi connectivity index (χ2v) is 6.80. The zero-order valence-corrected chi connectivity index (χ0v) is 12.4. The molecule has 0 radical (unpaired) electrons. The molecule has 2 atom stereocenters. The molecule has 0 aliphatic heterocycles. The normalized spacial score (nSPS) is 25.1. The third kappa shape index (κ3) is 2.20. The van der Waals surface area contributed by atoms with Gasteiger partial charge in [-0.1, -0.05) is 24.3 Å². The van der Waals surface area contributed by atoms with Crippen molar-refractivity contribution in [2.45, 2.75) is 43.9 Å². The summed E-state index contributed by atoms with van der Waals surface area (Å²) in [4.78, 5) is 2.69. The second-order valence-electron chi connectivity index (χ2n) is 6.02. The van der Waals surface area contributed by atoms with E-state index in [0.29, 0.717) is 6.04 Å². The smallest absolute Gasteiger partial charge is 0.0375 e. The van der Waals surface area contributed by atoms with Gasteiger partial charge in [0.2, 0.25) is 0 Å². The van der Waals surface area contributed by atoms with Gasteiger partial charge < -0.3 is 5.73 Å². The van der Waals surface area contributed by atoms with Crippen LogP contribution in [-0.2, 0) is 6.54 Å². The zero-order chi connectivity index (χ0) is 13.5. The number of benzene rings is 1. The van der Waals surface area contributed by atoms with E-state index < -0.39 is 0 Å². The van der Waals surface area contributed by atoms with E-state index in [0.717, 1.165) is 19.0 Å². The van der Waals surface area contributed by atoms with Crippen LogP contribution in [0.15, 0.2) is 41.1 Å². The molecule has 0 spiro atoms. The lowest BCUT2D eigenvalue weighted by Crippen LogP contribution is -2.29. The molecule has 2 N–H and O–H groups in total. The van der Waals surface area contributed by atoms with Crippen molar-refractivity contribution in [3.8, 4) is 0 Å². The number of fused-ring (bicyclic) bond motifs is 1. The molecular formula is C17H20N2S. The largest absolute Gasteiger partial charge is 0.324 e. The van der Waals surface area contributed by atoms with Crippen LogP contribution in [0.2, 0.25) is 0 Å². The Balaban J connectivity index is 1.64. The monoisotopic (exact) mass is 284 g/mol. The molecule has 1 aromatic heterocycles. The maximum absolute atomic E-state index is 6.34. The third-order valence-electron chi connectivity index (χ3n) is 4.59. The summed E-state index contributed by atoms with van der Waals surface area (Å²) in [7, 11) is 0. The number of hydrogen-bond donors (Lipinski definition) is 1. The van der Waals surface area contributed by atoms with Gasteiger partial charge in [0.1, 0.15) is 0 Å². The van der Waals surface area contributed by atoms with Crippen molar-refractivity contribution in [2.24, 2.45) is 5.73 Å². The van der Waals surface area contributed by atoms with Gasteiger partial charge in [-0.2, -0.15) is 11.3 Å². The van der Waals surface area contributed by atoms with Gasteiger partial charge in [0.25, 0.3) is 0 Å². The molecule has 0 bridgehead atoms. The predicted octanol–water partition coefficient (Wildman–Crippen LogP) is 3.86. The Morgan fingerprint density at radius 2 is 1.95 bits per heavy atom. The maximum Gasteiger partial charge on any atom is 0.0375 e. The summed E-state index contributed by atoms with van der Waals surface area (Å²) in [5, 5.41) is 4.45. The van der Waals surface area contributed by atoms with E-state index in [1.165, 1.54) is 29.5 Å². The van der Waals surface area contributed by atoms with Crippen LogP contribution in [0.5, 0.6) is 0 Å². The summed E-state index contributed by atoms with van der Waals surface area (Å²) in [6.07, 6.45) is 3.76. The van der Waals surface area contributed by atoms with Crippen LogP contribution in [0.1, 0.15) is 48.0 Å². The molecule has 2 aromatic rings. The molecule has 0 saturated heterocycles. The Hall–Kier alpha value is -1.16. The Morgan fingerprint density at radius 1 is 1.15 bits per heavy atom. The van der Waals surface area contributed by atoms with Crippen molar-refractivity contribution < 1.29 is 0 Å². The quantitative estimate of drug-likeness (QED) is 0.924. The highest BCUT2D eigenvalue weighted by atomic mass is 32.1. The highest BCUT2D eigenvalue weighted by Gasteiger charge is 2.39. The van der Waals surface area contributed by atoms with E-state index in [1.54, 1.807) is 11.3 Å². The van der Waals surface area contributed by atoms with Gasteiger partial charge in [-0.15, -0.1) is 0 Å². The van der Waals surface area contributed by atoms with Crippen LogP contribution in [0.4, 0.5) is 0 Å². The number of nitrogens with two attached hydrogens (primary N) is 1. The van der Waals surface area contributed by atoms with Gasteiger partial charge in [-0.3, -0.25) is 4.90 Å². The fourth-order valence-corrected chi connectivity index (χ4v) is 4.11. The lowest BCUT2D eigenvalue weighted by Gasteiger charge is -2.29. The minimum absolute atomic E-state index is 0.208. The highest BCUT2D eigenvalue weighted by Crippen LogP contribution is 2.45. The first-order chi connectivity index (χ1) is 9.83. The summed E-state index contributed by atoms with van der Waals surface area (Å²) < 4.78 is 0. The van der Waals surface area contributed by atoms with Gasteiger partial charge in [-0.05, 0) is 52.8 Å². The van der Waals surface area contributed by atoms with Crippen molar-refractivity contribution in [1.82, 2.24) is 4.90 Å². The Morgan fingerprint density at radius 3 is 2.65 bits per heavy atom. The fraction of sp³-hybridized carbons (Fsp3) is 0.412. The molecule has 0 amide bonds. The van der Waals surface area contributed by atoms with E-state index in [2.05, 4.69) is 46.0 Å². The van der Waals surface area contributed by atoms with Crippen molar-refractivity contribution in [3.05, 3.63) is 57.8 Å². The van der Waals surface area contributed by atoms with E-state index in [4.69, 9.17) is 5.73 Å². The van der Waals surface area contributed by atoms with Gasteiger partial charge in [0.15, 0.2) is 0 Å². The zero-order valence-electron chi connectivity index (χ0n) is 11.5. The molecule has 2 aliphatic carbocycles. The first-order valence-electron chi connectivity index (χ1n) is 7.44. The van der Waals surface area contributed by atoms with Gasteiger partial charge in [-0.25, -0.2) is 0 Å². The van der Waals surface area contributed by atoms with Gasteiger partial charge in [0, 0.05) is 24.7 Å². The first-order valence-corrected chi connectivity index (χ1v) is 8.38. The molecule has 20 heavy (non-hydrogen) atoms. The molecule has 3 heteroatoms. The average Bonchev–Trinajstić information content (AvgIpc) is 3.08. The number of nitrogens with zero attached hydrogens (tertiary/aromatic N) is 1. The summed E-state index contributed by atoms with van der Waals surface area (Å²) in [6.45, 7) is 1.07. The minimum Gasteiger partial charge on any atom is -0.324 e. The summed E-state index contributed by atoms with van der Waals surface area (Å²) in [5.74, 6) is 0. The Kier molecular flexibility index (Phi) is 3.14. The topological polar surface area (TPSA) is 29.3 Å². The van der Waals surface area contributed by atoms with E-state index >= 15 is 0 Å². The van der Waals surface area contributed by atoms with Crippen LogP contribution >= 0.6 is 11.3 Å². The molecule has 1 fully saturated rings. The third-order valence-corrected chi connectivity index (χ3v) is 5.33. The van der Waals surface area contributed by atoms with Crippen molar-refractivity contribution in [3.63, 3.8) is 0 Å². The lowest BCUT2D eigenvalue weighted by atomic mass is 10.1. The van der Waals surface area contributed by atoms with E-state index in [-0.39, 0.29) is 6.04 Å². The molecule has 1 saturated carbocycles. The van der Waals surface area contributed by atoms with Crippen LogP contribution in [0.25, 0.3) is 0 Å². The molecule has 2 aliphatic rings. The predicted molar refractivity (Wildman–Crippen MR) is 83.6 cm³/mol. The first kappa shape index (κ1) is 12.6. The van der Waals surface area contributed by atoms with E-state index in [9.17, 15) is 0 Å². The minimum atomic E-state index is 0.208. The van der Waals surface area contributed by atoms with Crippen LogP contribution < -0.4 is 5.73 Å². The maximum atomic E-state index is 6.34. The molecule has 104 valence electrons. The second kappa shape index (κ2) is 4.99. The molecule has 1 heterocycles. The Bertz CT molecular complexity index is 589. The summed E-state index contributed by atoms with van der Waals surface area (Å²) in [5.41, 5.74) is 10.6. The average molecular weight is 284 g/mol. The molecule has 1 aromatic carbocycles. The van der Waals surface area contributed by atoms with Gasteiger partial charge >= 0.3 is 0 Å². The van der Waals surface area contributed by atoms with Crippen LogP contribution in [-0.4, -0.2) is 10.9 Å². The highest BCUT2D eigenvalue weighted by molar-refractivity contribution is 7.07. The van der Waals surface area contributed by atoms with Gasteiger partial charge in [0.05, 0.1) is 0 Å². The van der Waals surface area contributed by atoms with Crippen molar-refractivity contribution >= 4 is 11.3 Å².